The van der Waals surface area contributed by atoms with Gasteiger partial charge in [0, 0.05) is 23.1 Å². The maximum Gasteiger partial charge on any atom is 0.247 e. The van der Waals surface area contributed by atoms with Gasteiger partial charge in [0.2, 0.25) is 11.8 Å². The minimum absolute atomic E-state index is 0.552. The van der Waals surface area contributed by atoms with Crippen LogP contribution >= 0.6 is 15.9 Å². The van der Waals surface area contributed by atoms with Crippen molar-refractivity contribution in [2.45, 2.75) is 13.0 Å². The molecular weight excluding hydrogens is 360 g/mol. The van der Waals surface area contributed by atoms with Gasteiger partial charge in [-0.2, -0.15) is 0 Å². The van der Waals surface area contributed by atoms with Crippen LogP contribution in [0.15, 0.2) is 33.2 Å². The van der Waals surface area contributed by atoms with Crippen molar-refractivity contribution in [1.82, 2.24) is 20.4 Å². The molecule has 124 valence electrons. The van der Waals surface area contributed by atoms with Gasteiger partial charge in [0.1, 0.15) is 0 Å². The van der Waals surface area contributed by atoms with E-state index in [0.29, 0.717) is 18.3 Å². The van der Waals surface area contributed by atoms with Crippen LogP contribution in [0, 0.1) is 0 Å². The molecule has 0 bridgehead atoms. The molecule has 3 rings (SSSR count). The molecule has 0 amide bonds. The molecule has 0 atom stereocenters. The molecule has 1 saturated heterocycles. The second-order valence-corrected chi connectivity index (χ2v) is 6.41. The average Bonchev–Trinajstić information content (AvgIpc) is 3.04. The van der Waals surface area contributed by atoms with Crippen molar-refractivity contribution in [3.63, 3.8) is 0 Å². The largest absolute Gasteiger partial charge is 0.419 e. The van der Waals surface area contributed by atoms with Gasteiger partial charge in [-0.1, -0.05) is 22.0 Å². The summed E-state index contributed by atoms with van der Waals surface area (Å²) >= 11 is 3.44. The smallest absolute Gasteiger partial charge is 0.247 e. The van der Waals surface area contributed by atoms with Crippen LogP contribution in [0.3, 0.4) is 0 Å². The number of hydrogen-bond donors (Lipinski definition) is 1. The number of benzene rings is 1. The third-order valence-corrected chi connectivity index (χ3v) is 4.24. The van der Waals surface area contributed by atoms with Gasteiger partial charge in [-0.15, -0.1) is 10.2 Å². The van der Waals surface area contributed by atoms with Gasteiger partial charge < -0.3 is 14.5 Å². The van der Waals surface area contributed by atoms with Crippen LogP contribution in [-0.2, 0) is 11.3 Å². The topological polar surface area (TPSA) is 63.4 Å². The molecule has 1 N–H and O–H groups in total. The number of morpholine rings is 1. The van der Waals surface area contributed by atoms with Gasteiger partial charge in [0.25, 0.3) is 0 Å². The first-order valence-corrected chi connectivity index (χ1v) is 8.70. The van der Waals surface area contributed by atoms with E-state index in [0.717, 1.165) is 55.8 Å². The third-order valence-electron chi connectivity index (χ3n) is 3.75. The maximum atomic E-state index is 5.69. The Bertz CT molecular complexity index is 614. The summed E-state index contributed by atoms with van der Waals surface area (Å²) < 4.78 is 12.0. The maximum absolute atomic E-state index is 5.69. The molecule has 6 nitrogen and oxygen atoms in total. The number of nitrogens with one attached hydrogen (secondary N) is 1. The average molecular weight is 381 g/mol. The first-order chi connectivity index (χ1) is 11.3. The van der Waals surface area contributed by atoms with Crippen LogP contribution in [0.1, 0.15) is 12.3 Å². The molecule has 7 heteroatoms. The van der Waals surface area contributed by atoms with Gasteiger partial charge in [-0.3, -0.25) is 4.90 Å². The lowest BCUT2D eigenvalue weighted by Crippen LogP contribution is -2.37. The molecule has 1 aromatic carbocycles. The zero-order chi connectivity index (χ0) is 15.9. The van der Waals surface area contributed by atoms with E-state index in [1.807, 2.05) is 24.3 Å². The quantitative estimate of drug-likeness (QED) is 0.743. The fourth-order valence-electron chi connectivity index (χ4n) is 2.51. The van der Waals surface area contributed by atoms with Crippen LogP contribution in [0.2, 0.25) is 0 Å². The zero-order valence-electron chi connectivity index (χ0n) is 13.0. The second-order valence-electron chi connectivity index (χ2n) is 5.50. The molecule has 2 aromatic rings. The van der Waals surface area contributed by atoms with Crippen molar-refractivity contribution >= 4 is 15.9 Å². The first-order valence-electron chi connectivity index (χ1n) is 7.90. The Labute approximate surface area is 144 Å². The molecule has 0 aliphatic carbocycles. The number of hydrogen-bond acceptors (Lipinski definition) is 6. The zero-order valence-corrected chi connectivity index (χ0v) is 14.6. The molecule has 2 heterocycles. The van der Waals surface area contributed by atoms with Gasteiger partial charge >= 0.3 is 0 Å². The van der Waals surface area contributed by atoms with E-state index in [9.17, 15) is 0 Å². The lowest BCUT2D eigenvalue weighted by Gasteiger charge is -2.26. The van der Waals surface area contributed by atoms with E-state index in [-0.39, 0.29) is 0 Å². The van der Waals surface area contributed by atoms with E-state index in [2.05, 4.69) is 36.3 Å². The summed E-state index contributed by atoms with van der Waals surface area (Å²) in [5.74, 6) is 1.17. The van der Waals surface area contributed by atoms with Gasteiger partial charge in [-0.05, 0) is 37.7 Å². The molecule has 0 radical (unpaired) electrons. The SMILES string of the molecule is Brc1cccc(-c2nnc(CNCCCN3CCOCC3)o2)c1. The van der Waals surface area contributed by atoms with E-state index in [1.54, 1.807) is 0 Å². The summed E-state index contributed by atoms with van der Waals surface area (Å²) in [5.41, 5.74) is 0.922. The number of halogens is 1. The van der Waals surface area contributed by atoms with Crippen molar-refractivity contribution in [2.24, 2.45) is 0 Å². The summed E-state index contributed by atoms with van der Waals surface area (Å²) in [6, 6.07) is 7.84. The van der Waals surface area contributed by atoms with Gasteiger partial charge in [-0.25, -0.2) is 0 Å². The Morgan fingerprint density at radius 2 is 2.09 bits per heavy atom. The molecular formula is C16H21BrN4O2. The van der Waals surface area contributed by atoms with Crippen molar-refractivity contribution in [3.8, 4) is 11.5 Å². The van der Waals surface area contributed by atoms with E-state index >= 15 is 0 Å². The fourth-order valence-corrected chi connectivity index (χ4v) is 2.91. The molecule has 1 aromatic heterocycles. The summed E-state index contributed by atoms with van der Waals surface area (Å²) in [6.45, 7) is 6.43. The molecule has 23 heavy (non-hydrogen) atoms. The highest BCUT2D eigenvalue weighted by atomic mass is 79.9. The van der Waals surface area contributed by atoms with E-state index in [1.165, 1.54) is 0 Å². The minimum atomic E-state index is 0.552. The molecule has 1 aliphatic heterocycles. The molecule has 0 unspecified atom stereocenters. The van der Waals surface area contributed by atoms with Crippen LogP contribution in [0.25, 0.3) is 11.5 Å². The Morgan fingerprint density at radius 1 is 1.22 bits per heavy atom. The van der Waals surface area contributed by atoms with Crippen molar-refractivity contribution in [1.29, 1.82) is 0 Å². The molecule has 1 aliphatic rings. The van der Waals surface area contributed by atoms with Crippen molar-refractivity contribution in [3.05, 3.63) is 34.6 Å². The van der Waals surface area contributed by atoms with Crippen LogP contribution in [-0.4, -0.2) is 54.5 Å². The molecule has 0 saturated carbocycles. The first kappa shape index (κ1) is 16.6. The lowest BCUT2D eigenvalue weighted by molar-refractivity contribution is 0.0374. The van der Waals surface area contributed by atoms with Gasteiger partial charge in [0.05, 0.1) is 19.8 Å². The number of ether oxygens (including phenoxy) is 1. The normalized spacial score (nSPS) is 15.9. The third kappa shape index (κ3) is 5.10. The van der Waals surface area contributed by atoms with Crippen LogP contribution in [0.5, 0.6) is 0 Å². The van der Waals surface area contributed by atoms with Crippen LogP contribution in [0.4, 0.5) is 0 Å². The van der Waals surface area contributed by atoms with E-state index in [4.69, 9.17) is 9.15 Å². The highest BCUT2D eigenvalue weighted by molar-refractivity contribution is 9.10. The number of nitrogens with zero attached hydrogens (tertiary/aromatic N) is 3. The molecule has 0 spiro atoms. The van der Waals surface area contributed by atoms with Gasteiger partial charge in [0.15, 0.2) is 0 Å². The lowest BCUT2D eigenvalue weighted by atomic mass is 10.2. The van der Waals surface area contributed by atoms with Crippen molar-refractivity contribution in [2.75, 3.05) is 39.4 Å². The summed E-state index contributed by atoms with van der Waals surface area (Å²) in [5, 5.41) is 11.5. The Hall–Kier alpha value is -1.28. The number of rotatable bonds is 7. The number of aromatic nitrogens is 2. The van der Waals surface area contributed by atoms with Crippen LogP contribution < -0.4 is 5.32 Å². The van der Waals surface area contributed by atoms with E-state index < -0.39 is 0 Å². The molecule has 1 fully saturated rings. The Balaban J connectivity index is 1.39. The summed E-state index contributed by atoms with van der Waals surface area (Å²) in [7, 11) is 0. The predicted molar refractivity (Wildman–Crippen MR) is 91.0 cm³/mol. The highest BCUT2D eigenvalue weighted by Gasteiger charge is 2.10. The summed E-state index contributed by atoms with van der Waals surface area (Å²) in [6.07, 6.45) is 1.10. The van der Waals surface area contributed by atoms with Crippen molar-refractivity contribution < 1.29 is 9.15 Å². The monoisotopic (exact) mass is 380 g/mol. The summed E-state index contributed by atoms with van der Waals surface area (Å²) in [4.78, 5) is 2.43. The Kier molecular flexibility index (Phi) is 6.15. The minimum Gasteiger partial charge on any atom is -0.419 e. The highest BCUT2D eigenvalue weighted by Crippen LogP contribution is 2.21. The Morgan fingerprint density at radius 3 is 2.91 bits per heavy atom. The predicted octanol–water partition coefficient (Wildman–Crippen LogP) is 2.31. The second kappa shape index (κ2) is 8.54. The standard InChI is InChI=1S/C16H21BrN4O2/c17-14-4-1-3-13(11-14)16-20-19-15(23-16)12-18-5-2-6-21-7-9-22-10-8-21/h1,3-4,11,18H,2,5-10,12H2. The fraction of sp³-hybridized carbons (Fsp3) is 0.500.